The van der Waals surface area contributed by atoms with Crippen LogP contribution in [-0.4, -0.2) is 27.1 Å². The van der Waals surface area contributed by atoms with Gasteiger partial charge in [0.25, 0.3) is 0 Å². The Morgan fingerprint density at radius 3 is 2.21 bits per heavy atom. The Hall–Kier alpha value is -1.91. The van der Waals surface area contributed by atoms with Gasteiger partial charge in [0.1, 0.15) is 0 Å². The Kier molecular flexibility index (Phi) is 2.51. The van der Waals surface area contributed by atoms with E-state index in [0.29, 0.717) is 0 Å². The Labute approximate surface area is 80.0 Å². The van der Waals surface area contributed by atoms with E-state index in [0.717, 1.165) is 6.92 Å². The lowest BCUT2D eigenvalue weighted by atomic mass is 9.86. The van der Waals surface area contributed by atoms with E-state index in [-0.39, 0.29) is 5.69 Å². The third kappa shape index (κ3) is 1.44. The number of carboxylic acids is 2. The molecule has 0 aromatic carbocycles. The van der Waals surface area contributed by atoms with Gasteiger partial charge in [0.15, 0.2) is 0 Å². The molecule has 14 heavy (non-hydrogen) atoms. The van der Waals surface area contributed by atoms with E-state index in [1.54, 1.807) is 12.1 Å². The molecule has 0 atom stereocenters. The molecule has 1 rings (SSSR count). The monoisotopic (exact) mass is 195 g/mol. The molecule has 1 aromatic rings. The van der Waals surface area contributed by atoms with Gasteiger partial charge in [-0.1, -0.05) is 6.07 Å². The topological polar surface area (TPSA) is 87.5 Å². The average Bonchev–Trinajstić information content (AvgIpc) is 2.17. The zero-order chi connectivity index (χ0) is 10.8. The van der Waals surface area contributed by atoms with Crippen molar-refractivity contribution < 1.29 is 19.8 Å². The Bertz CT molecular complexity index is 346. The number of rotatable bonds is 3. The Morgan fingerprint density at radius 2 is 1.86 bits per heavy atom. The SMILES string of the molecule is CC(C(=O)O)(C(=O)O)c1ccccn1. The van der Waals surface area contributed by atoms with E-state index < -0.39 is 17.4 Å². The maximum atomic E-state index is 10.8. The smallest absolute Gasteiger partial charge is 0.326 e. The minimum atomic E-state index is -1.98. The summed E-state index contributed by atoms with van der Waals surface area (Å²) < 4.78 is 0. The quantitative estimate of drug-likeness (QED) is 0.686. The molecule has 0 aliphatic heterocycles. The van der Waals surface area contributed by atoms with Crippen LogP contribution in [0.1, 0.15) is 12.6 Å². The number of aromatic nitrogens is 1. The van der Waals surface area contributed by atoms with E-state index in [9.17, 15) is 9.59 Å². The molecular formula is C9H9NO4. The summed E-state index contributed by atoms with van der Waals surface area (Å²) in [6.45, 7) is 1.11. The lowest BCUT2D eigenvalue weighted by molar-refractivity contribution is -0.156. The zero-order valence-corrected chi connectivity index (χ0v) is 7.47. The first-order valence-electron chi connectivity index (χ1n) is 3.88. The van der Waals surface area contributed by atoms with Crippen LogP contribution in [0.4, 0.5) is 0 Å². The minimum Gasteiger partial charge on any atom is -0.480 e. The predicted molar refractivity (Wildman–Crippen MR) is 46.9 cm³/mol. The summed E-state index contributed by atoms with van der Waals surface area (Å²) in [7, 11) is 0. The second kappa shape index (κ2) is 3.45. The number of hydrogen-bond acceptors (Lipinski definition) is 3. The van der Waals surface area contributed by atoms with E-state index >= 15 is 0 Å². The fourth-order valence-electron chi connectivity index (χ4n) is 0.969. The summed E-state index contributed by atoms with van der Waals surface area (Å²) in [6, 6.07) is 4.52. The molecule has 0 aliphatic rings. The average molecular weight is 195 g/mol. The number of carboxylic acid groups (broad SMARTS) is 2. The molecule has 74 valence electrons. The number of carbonyl (C=O) groups is 2. The van der Waals surface area contributed by atoms with E-state index in [2.05, 4.69) is 4.98 Å². The van der Waals surface area contributed by atoms with Crippen LogP contribution in [0.25, 0.3) is 0 Å². The van der Waals surface area contributed by atoms with Crippen molar-refractivity contribution in [3.05, 3.63) is 30.1 Å². The van der Waals surface area contributed by atoms with Gasteiger partial charge >= 0.3 is 11.9 Å². The fourth-order valence-corrected chi connectivity index (χ4v) is 0.969. The summed E-state index contributed by atoms with van der Waals surface area (Å²) in [6.07, 6.45) is 1.36. The minimum absolute atomic E-state index is 0.0139. The number of hydrogen-bond donors (Lipinski definition) is 2. The van der Waals surface area contributed by atoms with E-state index in [4.69, 9.17) is 10.2 Å². The highest BCUT2D eigenvalue weighted by Crippen LogP contribution is 2.22. The van der Waals surface area contributed by atoms with Crippen LogP contribution in [0.3, 0.4) is 0 Å². The van der Waals surface area contributed by atoms with Gasteiger partial charge in [0.05, 0.1) is 5.69 Å². The second-order valence-corrected chi connectivity index (χ2v) is 2.95. The highest BCUT2D eigenvalue weighted by molar-refractivity contribution is 6.03. The number of pyridine rings is 1. The van der Waals surface area contributed by atoms with Crippen molar-refractivity contribution in [1.82, 2.24) is 4.98 Å². The highest BCUT2D eigenvalue weighted by Gasteiger charge is 2.44. The summed E-state index contributed by atoms with van der Waals surface area (Å²) >= 11 is 0. The van der Waals surface area contributed by atoms with Gasteiger partial charge in [-0.3, -0.25) is 14.6 Å². The summed E-state index contributed by atoms with van der Waals surface area (Å²) in [4.78, 5) is 25.4. The largest absolute Gasteiger partial charge is 0.480 e. The normalized spacial score (nSPS) is 10.9. The second-order valence-electron chi connectivity index (χ2n) is 2.95. The van der Waals surface area contributed by atoms with Gasteiger partial charge in [-0.25, -0.2) is 0 Å². The van der Waals surface area contributed by atoms with Gasteiger partial charge in [-0.2, -0.15) is 0 Å². The van der Waals surface area contributed by atoms with Gasteiger partial charge in [0, 0.05) is 6.20 Å². The van der Waals surface area contributed by atoms with Crippen molar-refractivity contribution in [2.45, 2.75) is 12.3 Å². The molecule has 5 heteroatoms. The number of aliphatic carboxylic acids is 2. The summed E-state index contributed by atoms with van der Waals surface area (Å²) in [5.74, 6) is -2.85. The van der Waals surface area contributed by atoms with Crippen LogP contribution in [0.5, 0.6) is 0 Å². The van der Waals surface area contributed by atoms with Crippen molar-refractivity contribution in [1.29, 1.82) is 0 Å². The molecule has 0 bridgehead atoms. The third-order valence-corrected chi connectivity index (χ3v) is 2.03. The first-order chi connectivity index (χ1) is 6.49. The predicted octanol–water partition coefficient (Wildman–Crippen LogP) is 0.508. The Balaban J connectivity index is 3.27. The molecule has 0 saturated heterocycles. The van der Waals surface area contributed by atoms with Gasteiger partial charge in [-0.05, 0) is 19.1 Å². The molecule has 0 amide bonds. The van der Waals surface area contributed by atoms with Crippen LogP contribution in [-0.2, 0) is 15.0 Å². The van der Waals surface area contributed by atoms with Crippen molar-refractivity contribution in [3.63, 3.8) is 0 Å². The summed E-state index contributed by atoms with van der Waals surface area (Å²) in [5.41, 5.74) is -1.97. The van der Waals surface area contributed by atoms with Gasteiger partial charge in [-0.15, -0.1) is 0 Å². The van der Waals surface area contributed by atoms with Crippen molar-refractivity contribution in [2.75, 3.05) is 0 Å². The maximum Gasteiger partial charge on any atom is 0.326 e. The van der Waals surface area contributed by atoms with Crippen LogP contribution in [0, 0.1) is 0 Å². The molecule has 0 spiro atoms. The van der Waals surface area contributed by atoms with Gasteiger partial charge in [0.2, 0.25) is 5.41 Å². The molecule has 5 nitrogen and oxygen atoms in total. The Morgan fingerprint density at radius 1 is 1.29 bits per heavy atom. The maximum absolute atomic E-state index is 10.8. The van der Waals surface area contributed by atoms with Crippen molar-refractivity contribution >= 4 is 11.9 Å². The van der Waals surface area contributed by atoms with Crippen LogP contribution < -0.4 is 0 Å². The standard InChI is InChI=1S/C9H9NO4/c1-9(7(11)12,8(13)14)6-4-2-3-5-10-6/h2-5H,1H3,(H,11,12)(H,13,14). The molecular weight excluding hydrogens is 186 g/mol. The van der Waals surface area contributed by atoms with E-state index in [1.165, 1.54) is 12.3 Å². The lowest BCUT2D eigenvalue weighted by Gasteiger charge is -2.18. The van der Waals surface area contributed by atoms with E-state index in [1.807, 2.05) is 0 Å². The summed E-state index contributed by atoms with van der Waals surface area (Å²) in [5, 5.41) is 17.7. The van der Waals surface area contributed by atoms with Crippen molar-refractivity contribution in [2.24, 2.45) is 0 Å². The molecule has 0 aliphatic carbocycles. The fraction of sp³-hybridized carbons (Fsp3) is 0.222. The number of nitrogens with zero attached hydrogens (tertiary/aromatic N) is 1. The van der Waals surface area contributed by atoms with Crippen LogP contribution >= 0.6 is 0 Å². The molecule has 2 N–H and O–H groups in total. The lowest BCUT2D eigenvalue weighted by Crippen LogP contribution is -2.41. The first kappa shape index (κ1) is 10.2. The van der Waals surface area contributed by atoms with Crippen LogP contribution in [0.15, 0.2) is 24.4 Å². The molecule has 1 heterocycles. The molecule has 0 fully saturated rings. The molecule has 0 unspecified atom stereocenters. The molecule has 0 radical (unpaired) electrons. The molecule has 1 aromatic heterocycles. The van der Waals surface area contributed by atoms with Crippen LogP contribution in [0.2, 0.25) is 0 Å². The highest BCUT2D eigenvalue weighted by atomic mass is 16.4. The third-order valence-electron chi connectivity index (χ3n) is 2.03. The van der Waals surface area contributed by atoms with Gasteiger partial charge < -0.3 is 10.2 Å². The molecule has 0 saturated carbocycles. The zero-order valence-electron chi connectivity index (χ0n) is 7.47. The van der Waals surface area contributed by atoms with Crippen molar-refractivity contribution in [3.8, 4) is 0 Å². The first-order valence-corrected chi connectivity index (χ1v) is 3.88.